The zero-order valence-electron chi connectivity index (χ0n) is 27.9. The maximum Gasteiger partial charge on any atom is 0.153 e. The Balaban J connectivity index is 1.10. The molecule has 0 aliphatic carbocycles. The fourth-order valence-corrected chi connectivity index (χ4v) is 10.2. The lowest BCUT2D eigenvalue weighted by Crippen LogP contribution is -1.93. The van der Waals surface area contributed by atoms with Crippen molar-refractivity contribution in [2.24, 2.45) is 0 Å². The van der Waals surface area contributed by atoms with Gasteiger partial charge in [0, 0.05) is 76.3 Å². The molecule has 0 fully saturated rings. The fourth-order valence-electron chi connectivity index (χ4n) is 8.80. The van der Waals surface area contributed by atoms with Crippen LogP contribution in [-0.4, -0.2) is 19.1 Å². The van der Waals surface area contributed by atoms with E-state index in [2.05, 4.69) is 128 Å². The molecule has 0 spiro atoms. The molecule has 0 radical (unpaired) electrons. The normalized spacial score (nSPS) is 12.5. The largest absolute Gasteiger partial charge is 0.454 e. The van der Waals surface area contributed by atoms with Crippen LogP contribution in [0.15, 0.2) is 155 Å². The number of benzene rings is 6. The first-order valence-corrected chi connectivity index (χ1v) is 18.5. The van der Waals surface area contributed by atoms with Gasteiger partial charge >= 0.3 is 0 Å². The van der Waals surface area contributed by atoms with E-state index in [0.29, 0.717) is 0 Å². The number of hydrogen-bond acceptors (Lipinski definition) is 5. The SMILES string of the molecule is c1cnc2c(c1)oc1ccc(-n3c4ccccc4c4c5sc6c(ccc7c6c6ccccc6n7-c6ccc7oc8cccnc8c7c6)c5ccc43)cc12. The van der Waals surface area contributed by atoms with Gasteiger partial charge in [-0.15, -0.1) is 11.3 Å². The van der Waals surface area contributed by atoms with Crippen LogP contribution in [0, 0.1) is 0 Å². The first-order valence-electron chi connectivity index (χ1n) is 17.6. The topological polar surface area (TPSA) is 61.9 Å². The van der Waals surface area contributed by atoms with Gasteiger partial charge in [0.1, 0.15) is 22.2 Å². The maximum atomic E-state index is 6.14. The Hall–Kier alpha value is -6.96. The Kier molecular flexibility index (Phi) is 5.17. The third kappa shape index (κ3) is 3.56. The van der Waals surface area contributed by atoms with E-state index >= 15 is 0 Å². The van der Waals surface area contributed by atoms with Gasteiger partial charge in [0.15, 0.2) is 11.2 Å². The van der Waals surface area contributed by atoms with Gasteiger partial charge < -0.3 is 18.0 Å². The number of para-hydroxylation sites is 2. The summed E-state index contributed by atoms with van der Waals surface area (Å²) in [6, 6.07) is 47.4. The predicted molar refractivity (Wildman–Crippen MR) is 218 cm³/mol. The molecule has 0 saturated heterocycles. The summed E-state index contributed by atoms with van der Waals surface area (Å²) in [5.74, 6) is 0. The van der Waals surface area contributed by atoms with Crippen molar-refractivity contribution in [3.05, 3.63) is 146 Å². The molecule has 6 aromatic carbocycles. The number of fused-ring (bicyclic) bond motifs is 17. The van der Waals surface area contributed by atoms with E-state index in [-0.39, 0.29) is 0 Å². The monoisotopic (exact) mass is 696 g/mol. The third-order valence-electron chi connectivity index (χ3n) is 11.0. The van der Waals surface area contributed by atoms with E-state index in [1.54, 1.807) is 0 Å². The molecule has 13 rings (SSSR count). The molecule has 246 valence electrons. The molecule has 7 aromatic heterocycles. The summed E-state index contributed by atoms with van der Waals surface area (Å²) in [5, 5.41) is 9.61. The van der Waals surface area contributed by atoms with Crippen molar-refractivity contribution < 1.29 is 8.83 Å². The number of hydrogen-bond donors (Lipinski definition) is 0. The molecule has 6 nitrogen and oxygen atoms in total. The number of thiophene rings is 1. The first-order chi connectivity index (χ1) is 26.3. The molecule has 0 amide bonds. The second-order valence-electron chi connectivity index (χ2n) is 13.7. The Bertz CT molecular complexity index is 3470. The van der Waals surface area contributed by atoms with Gasteiger partial charge in [-0.3, -0.25) is 9.97 Å². The highest BCUT2D eigenvalue weighted by Gasteiger charge is 2.22. The van der Waals surface area contributed by atoms with Crippen LogP contribution < -0.4 is 0 Å². The molecule has 0 unspecified atom stereocenters. The third-order valence-corrected chi connectivity index (χ3v) is 12.3. The average Bonchev–Trinajstić information content (AvgIpc) is 4.01. The van der Waals surface area contributed by atoms with Gasteiger partial charge in [0.25, 0.3) is 0 Å². The van der Waals surface area contributed by atoms with Crippen LogP contribution in [0.1, 0.15) is 0 Å². The van der Waals surface area contributed by atoms with Gasteiger partial charge in [0.05, 0.1) is 22.1 Å². The summed E-state index contributed by atoms with van der Waals surface area (Å²) in [6.07, 6.45) is 3.66. The second-order valence-corrected chi connectivity index (χ2v) is 14.8. The minimum Gasteiger partial charge on any atom is -0.454 e. The quantitative estimate of drug-likeness (QED) is 0.180. The summed E-state index contributed by atoms with van der Waals surface area (Å²) >= 11 is 1.90. The summed E-state index contributed by atoms with van der Waals surface area (Å²) in [4.78, 5) is 9.32. The van der Waals surface area contributed by atoms with Gasteiger partial charge in [-0.2, -0.15) is 0 Å². The van der Waals surface area contributed by atoms with Crippen molar-refractivity contribution in [2.45, 2.75) is 0 Å². The van der Waals surface area contributed by atoms with Crippen LogP contribution in [0.5, 0.6) is 0 Å². The van der Waals surface area contributed by atoms with Gasteiger partial charge in [-0.1, -0.05) is 48.5 Å². The molecular formula is C46H24N4O2S. The van der Waals surface area contributed by atoms with Crippen molar-refractivity contribution in [3.63, 3.8) is 0 Å². The molecule has 0 aliphatic heterocycles. The lowest BCUT2D eigenvalue weighted by Gasteiger charge is -2.08. The molecule has 7 heteroatoms. The van der Waals surface area contributed by atoms with Crippen LogP contribution in [0.4, 0.5) is 0 Å². The van der Waals surface area contributed by atoms with E-state index in [9.17, 15) is 0 Å². The first kappa shape index (κ1) is 27.7. The van der Waals surface area contributed by atoms with Crippen molar-refractivity contribution in [2.75, 3.05) is 0 Å². The predicted octanol–water partition coefficient (Wildman–Crippen LogP) is 12.8. The lowest BCUT2D eigenvalue weighted by atomic mass is 10.1. The summed E-state index contributed by atoms with van der Waals surface area (Å²) < 4.78 is 19.7. The maximum absolute atomic E-state index is 6.14. The average molecular weight is 697 g/mol. The Morgan fingerprint density at radius 3 is 1.40 bits per heavy atom. The molecule has 53 heavy (non-hydrogen) atoms. The molecule has 0 saturated carbocycles. The molecule has 0 aliphatic rings. The number of aromatic nitrogens is 4. The van der Waals surface area contributed by atoms with Gasteiger partial charge in [0.2, 0.25) is 0 Å². The van der Waals surface area contributed by atoms with Crippen molar-refractivity contribution in [3.8, 4) is 11.4 Å². The highest BCUT2D eigenvalue weighted by atomic mass is 32.1. The zero-order valence-corrected chi connectivity index (χ0v) is 28.7. The lowest BCUT2D eigenvalue weighted by molar-refractivity contribution is 0.667. The van der Waals surface area contributed by atoms with Crippen LogP contribution in [-0.2, 0) is 0 Å². The zero-order chi connectivity index (χ0) is 34.4. The molecular weight excluding hydrogens is 673 g/mol. The molecule has 13 aromatic rings. The number of pyridine rings is 2. The molecule has 0 N–H and O–H groups in total. The second kappa shape index (κ2) is 9.88. The van der Waals surface area contributed by atoms with E-state index in [0.717, 1.165) is 55.5 Å². The number of rotatable bonds is 2. The van der Waals surface area contributed by atoms with E-state index in [1.165, 1.54) is 63.8 Å². The van der Waals surface area contributed by atoms with Crippen molar-refractivity contribution in [1.82, 2.24) is 19.1 Å². The summed E-state index contributed by atoms with van der Waals surface area (Å²) in [6.45, 7) is 0. The highest BCUT2D eigenvalue weighted by Crippen LogP contribution is 2.48. The molecule has 0 atom stereocenters. The number of furan rings is 2. The minimum absolute atomic E-state index is 0.800. The molecule has 7 heterocycles. The van der Waals surface area contributed by atoms with Crippen LogP contribution in [0.2, 0.25) is 0 Å². The minimum atomic E-state index is 0.800. The van der Waals surface area contributed by atoms with Crippen LogP contribution in [0.3, 0.4) is 0 Å². The van der Waals surface area contributed by atoms with Crippen LogP contribution in [0.25, 0.3) is 119 Å². The summed E-state index contributed by atoms with van der Waals surface area (Å²) in [7, 11) is 0. The highest BCUT2D eigenvalue weighted by molar-refractivity contribution is 7.27. The van der Waals surface area contributed by atoms with E-state index < -0.39 is 0 Å². The van der Waals surface area contributed by atoms with Crippen LogP contribution >= 0.6 is 11.3 Å². The Morgan fingerprint density at radius 2 is 0.887 bits per heavy atom. The van der Waals surface area contributed by atoms with Gasteiger partial charge in [-0.25, -0.2) is 0 Å². The van der Waals surface area contributed by atoms with Crippen molar-refractivity contribution in [1.29, 1.82) is 0 Å². The van der Waals surface area contributed by atoms with E-state index in [1.807, 2.05) is 48.0 Å². The number of nitrogens with zero attached hydrogens (tertiary/aromatic N) is 4. The smallest absolute Gasteiger partial charge is 0.153 e. The van der Waals surface area contributed by atoms with Crippen molar-refractivity contribution >= 4 is 119 Å². The fraction of sp³-hybridized carbons (Fsp3) is 0. The Morgan fingerprint density at radius 1 is 0.396 bits per heavy atom. The van der Waals surface area contributed by atoms with E-state index in [4.69, 9.17) is 8.83 Å². The Labute approximate surface area is 303 Å². The summed E-state index contributed by atoms with van der Waals surface area (Å²) in [5.41, 5.74) is 11.9. The molecule has 0 bridgehead atoms. The standard InChI is InChI=1S/C46H24N4O2S/c1-3-9-33-29(7-1)41-35(49(33)25-13-19-37-31(23-25)43-39(51-37)11-5-21-47-43)17-15-27-28-16-18-36-42(46(28)53-45(27)41)30-8-2-4-10-34(30)50(36)26-14-20-38-32(24-26)44-40(52-38)12-6-22-48-44/h1-24H. The van der Waals surface area contributed by atoms with Gasteiger partial charge in [-0.05, 0) is 84.9 Å².